The second-order valence-electron chi connectivity index (χ2n) is 5.34. The fourth-order valence-corrected chi connectivity index (χ4v) is 2.41. The largest absolute Gasteiger partial charge is 0.497 e. The molecule has 0 N–H and O–H groups in total. The number of hydrogen-bond donors (Lipinski definition) is 0. The van der Waals surface area contributed by atoms with Gasteiger partial charge in [-0.05, 0) is 42.1 Å². The van der Waals surface area contributed by atoms with Crippen LogP contribution < -0.4 is 9.47 Å². The summed E-state index contributed by atoms with van der Waals surface area (Å²) in [4.78, 5) is 8.87. The quantitative estimate of drug-likeness (QED) is 0.630. The monoisotopic (exact) mass is 308 g/mol. The standard InChI is InChI=1S/C19H20N2O2/c1-3-4-10-23-19-17-12-16(22-2)8-7-14(17)11-18(21-19)15-6-5-9-20-13-15/h5-9,11-13H,3-4,10H2,1-2H3. The van der Waals surface area contributed by atoms with E-state index in [1.54, 1.807) is 13.3 Å². The molecule has 0 radical (unpaired) electrons. The summed E-state index contributed by atoms with van der Waals surface area (Å²) in [5.74, 6) is 1.45. The summed E-state index contributed by atoms with van der Waals surface area (Å²) in [6.07, 6.45) is 5.66. The highest BCUT2D eigenvalue weighted by Gasteiger charge is 2.10. The zero-order valence-corrected chi connectivity index (χ0v) is 13.5. The van der Waals surface area contributed by atoms with Crippen molar-refractivity contribution in [1.82, 2.24) is 9.97 Å². The van der Waals surface area contributed by atoms with Crippen LogP contribution in [0.2, 0.25) is 0 Å². The van der Waals surface area contributed by atoms with Crippen LogP contribution in [0.5, 0.6) is 11.6 Å². The van der Waals surface area contributed by atoms with Gasteiger partial charge in [0.1, 0.15) is 5.75 Å². The van der Waals surface area contributed by atoms with E-state index in [4.69, 9.17) is 14.5 Å². The Bertz CT molecular complexity index is 788. The maximum Gasteiger partial charge on any atom is 0.222 e. The first-order valence-electron chi connectivity index (χ1n) is 7.84. The molecule has 4 heteroatoms. The SMILES string of the molecule is CCCCOc1nc(-c2cccnc2)cc2ccc(OC)cc12. The van der Waals surface area contributed by atoms with E-state index in [9.17, 15) is 0 Å². The van der Waals surface area contributed by atoms with E-state index in [1.807, 2.05) is 36.5 Å². The van der Waals surface area contributed by atoms with Gasteiger partial charge in [0, 0.05) is 23.3 Å². The highest BCUT2D eigenvalue weighted by Crippen LogP contribution is 2.31. The van der Waals surface area contributed by atoms with E-state index < -0.39 is 0 Å². The Morgan fingerprint density at radius 2 is 2.04 bits per heavy atom. The normalized spacial score (nSPS) is 10.7. The molecule has 2 heterocycles. The number of benzene rings is 1. The molecular formula is C19H20N2O2. The summed E-state index contributed by atoms with van der Waals surface area (Å²) in [5.41, 5.74) is 1.84. The summed E-state index contributed by atoms with van der Waals surface area (Å²) in [7, 11) is 1.66. The lowest BCUT2D eigenvalue weighted by Crippen LogP contribution is -2.00. The third-order valence-corrected chi connectivity index (χ3v) is 3.70. The molecule has 0 amide bonds. The van der Waals surface area contributed by atoms with Gasteiger partial charge in [0.05, 0.1) is 19.4 Å². The van der Waals surface area contributed by atoms with Crippen LogP contribution in [-0.2, 0) is 0 Å². The van der Waals surface area contributed by atoms with Crippen LogP contribution in [0.15, 0.2) is 48.8 Å². The van der Waals surface area contributed by atoms with Crippen molar-refractivity contribution in [2.45, 2.75) is 19.8 Å². The minimum Gasteiger partial charge on any atom is -0.497 e. The number of ether oxygens (including phenoxy) is 2. The van der Waals surface area contributed by atoms with Gasteiger partial charge in [-0.1, -0.05) is 19.4 Å². The summed E-state index contributed by atoms with van der Waals surface area (Å²) in [6.45, 7) is 2.80. The fourth-order valence-electron chi connectivity index (χ4n) is 2.41. The Labute approximate surface area is 136 Å². The van der Waals surface area contributed by atoms with Gasteiger partial charge in [-0.2, -0.15) is 0 Å². The molecule has 4 nitrogen and oxygen atoms in total. The summed E-state index contributed by atoms with van der Waals surface area (Å²) in [6, 6.07) is 11.9. The molecule has 0 bridgehead atoms. The van der Waals surface area contributed by atoms with E-state index in [1.165, 1.54) is 0 Å². The Kier molecular flexibility index (Phi) is 4.71. The minimum atomic E-state index is 0.647. The number of nitrogens with zero attached hydrogens (tertiary/aromatic N) is 2. The molecule has 0 saturated carbocycles. The Hall–Kier alpha value is -2.62. The van der Waals surface area contributed by atoms with Crippen molar-refractivity contribution < 1.29 is 9.47 Å². The van der Waals surface area contributed by atoms with Gasteiger partial charge in [0.15, 0.2) is 0 Å². The van der Waals surface area contributed by atoms with Crippen LogP contribution in [0.3, 0.4) is 0 Å². The summed E-state index contributed by atoms with van der Waals surface area (Å²) < 4.78 is 11.3. The van der Waals surface area contributed by atoms with Gasteiger partial charge in [-0.15, -0.1) is 0 Å². The lowest BCUT2D eigenvalue weighted by molar-refractivity contribution is 0.302. The maximum atomic E-state index is 5.93. The van der Waals surface area contributed by atoms with Crippen LogP contribution >= 0.6 is 0 Å². The number of fused-ring (bicyclic) bond motifs is 1. The van der Waals surface area contributed by atoms with Gasteiger partial charge in [-0.3, -0.25) is 4.98 Å². The van der Waals surface area contributed by atoms with Gasteiger partial charge in [0.2, 0.25) is 5.88 Å². The van der Waals surface area contributed by atoms with Gasteiger partial charge >= 0.3 is 0 Å². The molecule has 0 aliphatic rings. The van der Waals surface area contributed by atoms with Crippen molar-refractivity contribution >= 4 is 10.8 Å². The molecule has 118 valence electrons. The third kappa shape index (κ3) is 3.42. The first kappa shape index (κ1) is 15.3. The second kappa shape index (κ2) is 7.09. The van der Waals surface area contributed by atoms with Crippen molar-refractivity contribution in [2.75, 3.05) is 13.7 Å². The predicted octanol–water partition coefficient (Wildman–Crippen LogP) is 4.48. The number of aromatic nitrogens is 2. The average Bonchev–Trinajstić information content (AvgIpc) is 2.62. The molecule has 0 saturated heterocycles. The zero-order chi connectivity index (χ0) is 16.1. The molecule has 3 rings (SSSR count). The molecule has 0 spiro atoms. The van der Waals surface area contributed by atoms with E-state index >= 15 is 0 Å². The third-order valence-electron chi connectivity index (χ3n) is 3.70. The minimum absolute atomic E-state index is 0.647. The van der Waals surface area contributed by atoms with Gasteiger partial charge in [0.25, 0.3) is 0 Å². The van der Waals surface area contributed by atoms with Gasteiger partial charge < -0.3 is 9.47 Å². The number of hydrogen-bond acceptors (Lipinski definition) is 4. The van der Waals surface area contributed by atoms with Gasteiger partial charge in [-0.25, -0.2) is 4.98 Å². The van der Waals surface area contributed by atoms with Crippen molar-refractivity contribution in [2.24, 2.45) is 0 Å². The van der Waals surface area contributed by atoms with Crippen LogP contribution in [-0.4, -0.2) is 23.7 Å². The molecule has 0 unspecified atom stereocenters. The van der Waals surface area contributed by atoms with Crippen LogP contribution in [0.25, 0.3) is 22.0 Å². The lowest BCUT2D eigenvalue weighted by Gasteiger charge is -2.12. The summed E-state index contributed by atoms with van der Waals surface area (Å²) in [5, 5.41) is 2.04. The average molecular weight is 308 g/mol. The molecule has 23 heavy (non-hydrogen) atoms. The van der Waals surface area contributed by atoms with Crippen LogP contribution in [0, 0.1) is 0 Å². The number of unbranched alkanes of at least 4 members (excludes halogenated alkanes) is 1. The topological polar surface area (TPSA) is 44.2 Å². The Morgan fingerprint density at radius 1 is 1.13 bits per heavy atom. The highest BCUT2D eigenvalue weighted by molar-refractivity contribution is 5.91. The maximum absolute atomic E-state index is 5.93. The molecule has 0 aliphatic carbocycles. The molecule has 0 aliphatic heterocycles. The highest BCUT2D eigenvalue weighted by atomic mass is 16.5. The fraction of sp³-hybridized carbons (Fsp3) is 0.263. The van der Waals surface area contributed by atoms with Crippen LogP contribution in [0.4, 0.5) is 0 Å². The predicted molar refractivity (Wildman–Crippen MR) is 91.9 cm³/mol. The molecule has 0 fully saturated rings. The number of rotatable bonds is 6. The molecule has 0 atom stereocenters. The van der Waals surface area contributed by atoms with E-state index in [2.05, 4.69) is 18.0 Å². The first-order valence-corrected chi connectivity index (χ1v) is 7.84. The van der Waals surface area contributed by atoms with Crippen molar-refractivity contribution in [3.63, 3.8) is 0 Å². The summed E-state index contributed by atoms with van der Waals surface area (Å²) >= 11 is 0. The number of pyridine rings is 2. The van der Waals surface area contributed by atoms with Crippen LogP contribution in [0.1, 0.15) is 19.8 Å². The Morgan fingerprint density at radius 3 is 2.78 bits per heavy atom. The lowest BCUT2D eigenvalue weighted by atomic mass is 10.1. The van der Waals surface area contributed by atoms with Crippen molar-refractivity contribution in [3.8, 4) is 22.9 Å². The molecule has 1 aromatic carbocycles. The van der Waals surface area contributed by atoms with Crippen molar-refractivity contribution in [3.05, 3.63) is 48.8 Å². The molecular weight excluding hydrogens is 288 g/mol. The molecule has 3 aromatic rings. The van der Waals surface area contributed by atoms with E-state index in [-0.39, 0.29) is 0 Å². The second-order valence-corrected chi connectivity index (χ2v) is 5.34. The Balaban J connectivity index is 2.09. The first-order chi connectivity index (χ1) is 11.3. The molecule has 2 aromatic heterocycles. The zero-order valence-electron chi connectivity index (χ0n) is 13.5. The van der Waals surface area contributed by atoms with E-state index in [0.717, 1.165) is 40.6 Å². The number of methoxy groups -OCH3 is 1. The smallest absolute Gasteiger partial charge is 0.222 e. The van der Waals surface area contributed by atoms with Crippen molar-refractivity contribution in [1.29, 1.82) is 0 Å². The van der Waals surface area contributed by atoms with E-state index in [0.29, 0.717) is 12.5 Å².